The molecule has 8 aliphatic rings. The number of nitrogens with zero attached hydrogens (tertiary/aromatic N) is 8. The zero-order valence-corrected chi connectivity index (χ0v) is 72.1. The van der Waals surface area contributed by atoms with Gasteiger partial charge in [0.15, 0.2) is 44.9 Å². The van der Waals surface area contributed by atoms with Crippen molar-refractivity contribution < 1.29 is 82.8 Å². The molecular formula is C87H94N12O18S6. The number of likely N-dealkylation sites (tertiary alicyclic amines) is 2. The van der Waals surface area contributed by atoms with Crippen LogP contribution in [0.25, 0.3) is 11.4 Å². The zero-order chi connectivity index (χ0) is 85.2. The Morgan fingerprint density at radius 1 is 0.447 bits per heavy atom. The molecule has 10 aromatic rings. The number of tetrazole rings is 1. The Labute approximate surface area is 724 Å². The maximum absolute atomic E-state index is 13.6. The molecule has 6 aromatic carbocycles. The van der Waals surface area contributed by atoms with E-state index in [4.69, 9.17) is 28.4 Å². The van der Waals surface area contributed by atoms with Crippen LogP contribution in [0.1, 0.15) is 158 Å². The molecule has 9 heterocycles. The predicted molar refractivity (Wildman–Crippen MR) is 460 cm³/mol. The summed E-state index contributed by atoms with van der Waals surface area (Å²) in [4.78, 5) is 83.2. The van der Waals surface area contributed by atoms with E-state index in [1.54, 1.807) is 156 Å². The standard InChI is InChI=1S/C30H33N3O7S2.C30H33N3O6S2.C27H28N6O5S2/c34-22-17-33(18-22)29(36)21-2-1-3-23(15-21)40-27-16-31-30(41-27)32-28(35)26(14-19-10-12-39-13-11-19)20-4-6-24(7-5-20)42(37,38)25-8-9-25;34-28(32-30-31-19-27(40-30)39-23-4-1-3-22(18-23)29(35)33-13-2-14-33)26(17-20-11-15-38-16-12-20)21-5-7-24(8-6-21)41(36,37)25-9-10-25;34-26(29-27-28-16-24(39-27)38-20-3-1-2-19(15-20)25-30-32-33-31-25)23(14-17-10-12-37-13-11-17)18-4-6-21(7-5-18)40(35,36)22-8-9-22/h1-7,15-16,19,22,25-26,34H,8-14,17-18H2,(H,31,32,35);1,3-8,18-20,25-26H,2,9-17H2,(H,31,32,34);1-7,15-17,22-23H,8-14H2,(H,28,29,34)(H,30,31,32,33)/t2*26-;23-/m111/s1. The van der Waals surface area contributed by atoms with Crippen LogP contribution in [-0.2, 0) is 58.1 Å². The first-order valence-electron chi connectivity index (χ1n) is 41.5. The number of carbonyl (C=O) groups is 5. The van der Waals surface area contributed by atoms with Crippen molar-refractivity contribution in [2.45, 2.75) is 157 Å². The number of aromatic nitrogens is 7. The average molecular weight is 1790 g/mol. The highest BCUT2D eigenvalue weighted by Gasteiger charge is 2.41. The summed E-state index contributed by atoms with van der Waals surface area (Å²) >= 11 is 3.60. The van der Waals surface area contributed by atoms with Crippen LogP contribution >= 0.6 is 34.0 Å². The Bertz CT molecular complexity index is 5720. The smallest absolute Gasteiger partial charge is 0.254 e. The van der Waals surface area contributed by atoms with Crippen molar-refractivity contribution in [3.63, 3.8) is 0 Å². The molecule has 0 radical (unpaired) electrons. The highest BCUT2D eigenvalue weighted by molar-refractivity contribution is 7.93. The minimum Gasteiger partial charge on any atom is -0.445 e. The molecule has 18 rings (SSSR count). The van der Waals surface area contributed by atoms with Gasteiger partial charge in [-0.2, -0.15) is 5.21 Å². The van der Waals surface area contributed by atoms with Crippen LogP contribution < -0.4 is 30.2 Å². The molecule has 5 saturated heterocycles. The van der Waals surface area contributed by atoms with Crippen molar-refractivity contribution in [3.05, 3.63) is 192 Å². The molecule has 123 heavy (non-hydrogen) atoms. The van der Waals surface area contributed by atoms with Gasteiger partial charge in [-0.3, -0.25) is 24.0 Å². The zero-order valence-electron chi connectivity index (χ0n) is 67.2. The lowest BCUT2D eigenvalue weighted by molar-refractivity contribution is -0.119. The minimum absolute atomic E-state index is 0.00676. The van der Waals surface area contributed by atoms with Gasteiger partial charge in [-0.1, -0.05) is 94.7 Å². The molecule has 5 N–H and O–H groups in total. The number of anilines is 3. The molecule has 0 bridgehead atoms. The van der Waals surface area contributed by atoms with Gasteiger partial charge in [0.25, 0.3) is 11.8 Å². The highest BCUT2D eigenvalue weighted by Crippen LogP contribution is 2.43. The second-order valence-electron chi connectivity index (χ2n) is 32.0. The fourth-order valence-electron chi connectivity index (χ4n) is 15.4. The van der Waals surface area contributed by atoms with E-state index in [2.05, 4.69) is 51.5 Å². The molecule has 5 amide bonds. The number of aromatic amines is 1. The molecule has 0 unspecified atom stereocenters. The van der Waals surface area contributed by atoms with Crippen molar-refractivity contribution in [1.29, 1.82) is 0 Å². The van der Waals surface area contributed by atoms with E-state index >= 15 is 0 Å². The van der Waals surface area contributed by atoms with Gasteiger partial charge in [0.2, 0.25) is 38.7 Å². The first-order valence-corrected chi connectivity index (χ1v) is 48.6. The lowest BCUT2D eigenvalue weighted by Gasteiger charge is -2.35. The number of aliphatic hydroxyl groups is 1. The summed E-state index contributed by atoms with van der Waals surface area (Å²) in [7, 11) is -9.90. The van der Waals surface area contributed by atoms with Crippen molar-refractivity contribution in [2.24, 2.45) is 17.8 Å². The Morgan fingerprint density at radius 2 is 0.789 bits per heavy atom. The van der Waals surface area contributed by atoms with E-state index in [-0.39, 0.29) is 45.3 Å². The predicted octanol–water partition coefficient (Wildman–Crippen LogP) is 14.1. The largest absolute Gasteiger partial charge is 0.445 e. The van der Waals surface area contributed by atoms with Crippen LogP contribution in [-0.4, -0.2) is 193 Å². The highest BCUT2D eigenvalue weighted by atomic mass is 32.2. The van der Waals surface area contributed by atoms with Crippen molar-refractivity contribution in [3.8, 4) is 43.8 Å². The van der Waals surface area contributed by atoms with Gasteiger partial charge in [0.1, 0.15) is 17.2 Å². The maximum Gasteiger partial charge on any atom is 0.254 e. The number of hydrogen-bond acceptors (Lipinski definition) is 27. The lowest BCUT2D eigenvalue weighted by atomic mass is 9.84. The van der Waals surface area contributed by atoms with Gasteiger partial charge < -0.3 is 59.3 Å². The second-order valence-corrected chi connectivity index (χ2v) is 41.7. The number of thiazole rings is 3. The molecule has 0 spiro atoms. The molecule has 8 fully saturated rings. The normalized spacial score (nSPS) is 18.0. The summed E-state index contributed by atoms with van der Waals surface area (Å²) in [6.07, 6.45) is 16.6. The monoisotopic (exact) mass is 1790 g/mol. The Balaban J connectivity index is 0.000000137. The van der Waals surface area contributed by atoms with Crippen molar-refractivity contribution >= 4 is 108 Å². The molecular weight excluding hydrogens is 1690 g/mol. The van der Waals surface area contributed by atoms with Gasteiger partial charge >= 0.3 is 0 Å². The van der Waals surface area contributed by atoms with Gasteiger partial charge in [0, 0.05) is 82.5 Å². The molecule has 4 aromatic heterocycles. The number of β-amino-alcohol motifs (C(OH)–C–C–N with tert-alkyl or cyclic N) is 1. The van der Waals surface area contributed by atoms with Crippen molar-refractivity contribution in [1.82, 2.24) is 45.4 Å². The number of nitrogens with one attached hydrogen (secondary N) is 4. The summed E-state index contributed by atoms with van der Waals surface area (Å²) in [6.45, 7) is 6.24. The number of H-pyrrole nitrogens is 1. The van der Waals surface area contributed by atoms with Gasteiger partial charge in [-0.15, -0.1) is 10.2 Å². The Morgan fingerprint density at radius 3 is 1.11 bits per heavy atom. The number of sulfone groups is 3. The van der Waals surface area contributed by atoms with E-state index in [0.29, 0.717) is 208 Å². The third-order valence-corrected chi connectivity index (χ3v) is 32.3. The molecule has 3 saturated carbocycles. The van der Waals surface area contributed by atoms with Crippen LogP contribution in [0.2, 0.25) is 0 Å². The summed E-state index contributed by atoms with van der Waals surface area (Å²) in [6, 6.07) is 41.5. The maximum atomic E-state index is 13.6. The fraction of sp³-hybridized carbons (Fsp3) is 0.414. The van der Waals surface area contributed by atoms with Crippen LogP contribution in [0.4, 0.5) is 15.4 Å². The van der Waals surface area contributed by atoms with Crippen LogP contribution in [0.3, 0.4) is 0 Å². The van der Waals surface area contributed by atoms with E-state index in [1.165, 1.54) is 40.2 Å². The molecule has 5 aliphatic heterocycles. The summed E-state index contributed by atoms with van der Waals surface area (Å²) in [5, 5.41) is 34.1. The number of aliphatic hydroxyl groups excluding tert-OH is 1. The average Bonchev–Trinajstić information content (AvgIpc) is 1.54. The Kier molecular flexibility index (Phi) is 27.3. The SMILES string of the molecule is O=C(Nc1ncc(Oc2cccc(-c3nn[nH]n3)c2)s1)[C@H](CC1CCOCC1)c1ccc(S(=O)(=O)C2CC2)cc1.O=C(Nc1ncc(Oc2cccc(C(=O)N3CC(O)C3)c2)s1)[C@H](CC1CCOCC1)c1ccc(S(=O)(=O)C2CC2)cc1.O=C(Nc1ncc(Oc2cccc(C(=O)N3CCC3)c2)s1)[C@H](CC1CCOCC1)c1ccc(S(=O)(=O)C2CC2)cc1. The number of hydrogen-bond donors (Lipinski definition) is 5. The van der Waals surface area contributed by atoms with Gasteiger partial charge in [0.05, 0.1) is 72.9 Å². The molecule has 3 atom stereocenters. The number of ether oxygens (including phenoxy) is 6. The first kappa shape index (κ1) is 86.2. The van der Waals surface area contributed by atoms with Gasteiger partial charge in [-0.05, 0) is 227 Å². The quantitative estimate of drug-likeness (QED) is 0.0279. The number of rotatable bonds is 30. The molecule has 3 aliphatic carbocycles. The molecule has 36 heteroatoms. The van der Waals surface area contributed by atoms with E-state index in [9.17, 15) is 54.3 Å². The van der Waals surface area contributed by atoms with Gasteiger partial charge in [-0.25, -0.2) is 40.2 Å². The minimum atomic E-state index is -3.31. The van der Waals surface area contributed by atoms with Crippen LogP contribution in [0.5, 0.6) is 32.4 Å². The third kappa shape index (κ3) is 22.1. The Hall–Kier alpha value is -10.3. The summed E-state index contributed by atoms with van der Waals surface area (Å²) in [5.41, 5.74) is 4.11. The third-order valence-electron chi connectivity index (χ3n) is 23.1. The molecule has 30 nitrogen and oxygen atoms in total. The lowest BCUT2D eigenvalue weighted by Crippen LogP contribution is -2.53. The van der Waals surface area contributed by atoms with Crippen molar-refractivity contribution in [2.75, 3.05) is 81.8 Å². The number of benzene rings is 6. The number of carbonyl (C=O) groups excluding carboxylic acids is 5. The number of amides is 5. The van der Waals surface area contributed by atoms with E-state index in [0.717, 1.165) is 80.3 Å². The molecule has 646 valence electrons. The van der Waals surface area contributed by atoms with E-state index < -0.39 is 53.4 Å². The summed E-state index contributed by atoms with van der Waals surface area (Å²) < 4.78 is 110. The first-order chi connectivity index (χ1) is 59.6. The second kappa shape index (κ2) is 38.9. The topological polar surface area (TPSA) is 399 Å². The van der Waals surface area contributed by atoms with Crippen LogP contribution in [0, 0.1) is 17.8 Å². The van der Waals surface area contributed by atoms with Crippen LogP contribution in [0.15, 0.2) is 179 Å². The summed E-state index contributed by atoms with van der Waals surface area (Å²) in [5.74, 6) is 0.801. The van der Waals surface area contributed by atoms with E-state index in [1.807, 2.05) is 12.1 Å². The fourth-order valence-corrected chi connectivity index (χ4v) is 22.4.